The molecule has 1 fully saturated rings. The zero-order chi connectivity index (χ0) is 15.4. The molecule has 1 N–H and O–H groups in total. The van der Waals surface area contributed by atoms with Gasteiger partial charge >= 0.3 is 0 Å². The van der Waals surface area contributed by atoms with Crippen LogP contribution in [0.1, 0.15) is 18.5 Å². The van der Waals surface area contributed by atoms with Gasteiger partial charge in [-0.25, -0.2) is 0 Å². The zero-order valence-electron chi connectivity index (χ0n) is 13.4. The van der Waals surface area contributed by atoms with Crippen LogP contribution in [0, 0.1) is 0 Å². The van der Waals surface area contributed by atoms with Gasteiger partial charge in [0.15, 0.2) is 5.96 Å². The molecule has 2 rings (SSSR count). The van der Waals surface area contributed by atoms with Gasteiger partial charge in [-0.15, -0.1) is 0 Å². The predicted molar refractivity (Wildman–Crippen MR) is 91.6 cm³/mol. The van der Waals surface area contributed by atoms with Crippen LogP contribution < -0.4 is 5.32 Å². The molecule has 0 spiro atoms. The predicted octanol–water partition coefficient (Wildman–Crippen LogP) is 1.89. The third-order valence-corrected chi connectivity index (χ3v) is 4.65. The van der Waals surface area contributed by atoms with Crippen LogP contribution in [0.3, 0.4) is 0 Å². The molecule has 6 heteroatoms. The molecule has 1 atom stereocenters. The Morgan fingerprint density at radius 2 is 2.29 bits per heavy atom. The summed E-state index contributed by atoms with van der Waals surface area (Å²) in [7, 11) is 8.19. The van der Waals surface area contributed by atoms with Crippen molar-refractivity contribution in [2.75, 3.05) is 34.2 Å². The summed E-state index contributed by atoms with van der Waals surface area (Å²) in [5.41, 5.74) is 1.25. The topological polar surface area (TPSA) is 35.8 Å². The maximum Gasteiger partial charge on any atom is 0.193 e. The first kappa shape index (κ1) is 16.4. The van der Waals surface area contributed by atoms with Gasteiger partial charge in [0.05, 0.1) is 6.54 Å². The van der Waals surface area contributed by atoms with E-state index < -0.39 is 0 Å². The minimum atomic E-state index is 0.624. The molecule has 21 heavy (non-hydrogen) atoms. The summed E-state index contributed by atoms with van der Waals surface area (Å²) < 4.78 is 3.25. The van der Waals surface area contributed by atoms with Crippen molar-refractivity contribution in [2.45, 2.75) is 25.4 Å². The summed E-state index contributed by atoms with van der Waals surface area (Å²) in [4.78, 5) is 8.99. The molecule has 1 unspecified atom stereocenters. The van der Waals surface area contributed by atoms with Crippen LogP contribution in [-0.4, -0.2) is 60.6 Å². The SMILES string of the molecule is CN=C(NCC1CCCN1C)N(C)Cc1cc(Br)cn1C. The van der Waals surface area contributed by atoms with E-state index in [0.717, 1.165) is 23.5 Å². The molecule has 0 aromatic carbocycles. The maximum atomic E-state index is 4.40. The lowest BCUT2D eigenvalue weighted by molar-refractivity contribution is 0.306. The lowest BCUT2D eigenvalue weighted by Crippen LogP contribution is -2.44. The van der Waals surface area contributed by atoms with Crippen LogP contribution in [0.5, 0.6) is 0 Å². The smallest absolute Gasteiger partial charge is 0.193 e. The highest BCUT2D eigenvalue weighted by Gasteiger charge is 2.21. The number of guanidine groups is 1. The molecular formula is C15H26BrN5. The number of aromatic nitrogens is 1. The van der Waals surface area contributed by atoms with E-state index in [2.05, 4.69) is 74.0 Å². The molecule has 2 heterocycles. The fraction of sp³-hybridized carbons (Fsp3) is 0.667. The average Bonchev–Trinajstić information content (AvgIpc) is 2.97. The van der Waals surface area contributed by atoms with Crippen molar-refractivity contribution in [1.82, 2.24) is 19.7 Å². The summed E-state index contributed by atoms with van der Waals surface area (Å²) >= 11 is 3.52. The Morgan fingerprint density at radius 1 is 1.52 bits per heavy atom. The number of likely N-dealkylation sites (tertiary alicyclic amines) is 1. The Labute approximate surface area is 136 Å². The van der Waals surface area contributed by atoms with E-state index in [4.69, 9.17) is 0 Å². The first-order valence-electron chi connectivity index (χ1n) is 7.44. The first-order chi connectivity index (χ1) is 10.0. The molecule has 0 saturated carbocycles. The molecule has 5 nitrogen and oxygen atoms in total. The highest BCUT2D eigenvalue weighted by atomic mass is 79.9. The molecule has 1 aliphatic rings. The van der Waals surface area contributed by atoms with Gasteiger partial charge in [0, 0.05) is 50.1 Å². The van der Waals surface area contributed by atoms with Crippen molar-refractivity contribution in [3.63, 3.8) is 0 Å². The van der Waals surface area contributed by atoms with Gasteiger partial charge in [-0.3, -0.25) is 4.99 Å². The molecule has 1 saturated heterocycles. The second-order valence-corrected chi connectivity index (χ2v) is 6.74. The van der Waals surface area contributed by atoms with Crippen LogP contribution in [0.4, 0.5) is 0 Å². The number of likely N-dealkylation sites (N-methyl/N-ethyl adjacent to an activating group) is 1. The van der Waals surface area contributed by atoms with Crippen LogP contribution in [0.2, 0.25) is 0 Å². The summed E-state index contributed by atoms with van der Waals surface area (Å²) in [5, 5.41) is 3.50. The number of hydrogen-bond acceptors (Lipinski definition) is 2. The number of halogens is 1. The Hall–Kier alpha value is -1.01. The quantitative estimate of drug-likeness (QED) is 0.661. The fourth-order valence-electron chi connectivity index (χ4n) is 2.87. The van der Waals surface area contributed by atoms with E-state index in [-0.39, 0.29) is 0 Å². The largest absolute Gasteiger partial charge is 0.355 e. The standard InChI is InChI=1S/C15H26BrN5/c1-17-15(18-9-13-6-5-7-19(13)2)21(4)11-14-8-12(16)10-20(14)3/h8,10,13H,5-7,9,11H2,1-4H3,(H,17,18). The van der Waals surface area contributed by atoms with Crippen LogP contribution in [-0.2, 0) is 13.6 Å². The van der Waals surface area contributed by atoms with Gasteiger partial charge in [-0.05, 0) is 48.4 Å². The van der Waals surface area contributed by atoms with Gasteiger partial charge in [-0.1, -0.05) is 0 Å². The third kappa shape index (κ3) is 4.23. The highest BCUT2D eigenvalue weighted by Crippen LogP contribution is 2.15. The van der Waals surface area contributed by atoms with Crippen molar-refractivity contribution in [3.8, 4) is 0 Å². The van der Waals surface area contributed by atoms with Crippen LogP contribution in [0.15, 0.2) is 21.7 Å². The number of rotatable bonds is 4. The van der Waals surface area contributed by atoms with Gasteiger partial charge < -0.3 is 19.7 Å². The van der Waals surface area contributed by atoms with Crippen LogP contribution in [0.25, 0.3) is 0 Å². The maximum absolute atomic E-state index is 4.40. The molecule has 1 aromatic heterocycles. The van der Waals surface area contributed by atoms with Crippen molar-refractivity contribution in [1.29, 1.82) is 0 Å². The van der Waals surface area contributed by atoms with Crippen molar-refractivity contribution in [3.05, 3.63) is 22.4 Å². The van der Waals surface area contributed by atoms with Gasteiger partial charge in [0.1, 0.15) is 0 Å². The van der Waals surface area contributed by atoms with E-state index in [1.54, 1.807) is 0 Å². The van der Waals surface area contributed by atoms with E-state index in [1.165, 1.54) is 25.1 Å². The molecule has 0 bridgehead atoms. The second-order valence-electron chi connectivity index (χ2n) is 5.82. The molecule has 118 valence electrons. The lowest BCUT2D eigenvalue weighted by atomic mass is 10.2. The third-order valence-electron chi connectivity index (χ3n) is 4.21. The monoisotopic (exact) mass is 355 g/mol. The van der Waals surface area contributed by atoms with E-state index in [1.807, 2.05) is 7.05 Å². The molecule has 0 radical (unpaired) electrons. The minimum Gasteiger partial charge on any atom is -0.355 e. The normalized spacial score (nSPS) is 20.0. The van der Waals surface area contributed by atoms with E-state index >= 15 is 0 Å². The number of aliphatic imine (C=N–C) groups is 1. The van der Waals surface area contributed by atoms with Gasteiger partial charge in [0.2, 0.25) is 0 Å². The molecular weight excluding hydrogens is 330 g/mol. The average molecular weight is 356 g/mol. The first-order valence-corrected chi connectivity index (χ1v) is 8.23. The van der Waals surface area contributed by atoms with E-state index in [0.29, 0.717) is 6.04 Å². The summed E-state index contributed by atoms with van der Waals surface area (Å²) in [5.74, 6) is 0.952. The molecule has 1 aromatic rings. The molecule has 1 aliphatic heterocycles. The van der Waals surface area contributed by atoms with Gasteiger partial charge in [0.25, 0.3) is 0 Å². The number of nitrogens with zero attached hydrogens (tertiary/aromatic N) is 4. The lowest BCUT2D eigenvalue weighted by Gasteiger charge is -2.25. The van der Waals surface area contributed by atoms with Crippen molar-refractivity contribution in [2.24, 2.45) is 12.0 Å². The minimum absolute atomic E-state index is 0.624. The van der Waals surface area contributed by atoms with E-state index in [9.17, 15) is 0 Å². The molecule has 0 aliphatic carbocycles. The van der Waals surface area contributed by atoms with Crippen LogP contribution >= 0.6 is 15.9 Å². The Morgan fingerprint density at radius 3 is 2.81 bits per heavy atom. The Balaban J connectivity index is 1.89. The summed E-state index contributed by atoms with van der Waals surface area (Å²) in [6.45, 7) is 3.00. The van der Waals surface area contributed by atoms with Gasteiger partial charge in [-0.2, -0.15) is 0 Å². The number of aryl methyl sites for hydroxylation is 1. The summed E-state index contributed by atoms with van der Waals surface area (Å²) in [6.07, 6.45) is 4.65. The highest BCUT2D eigenvalue weighted by molar-refractivity contribution is 9.10. The zero-order valence-corrected chi connectivity index (χ0v) is 15.0. The van der Waals surface area contributed by atoms with Crippen molar-refractivity contribution >= 4 is 21.9 Å². The summed E-state index contributed by atoms with van der Waals surface area (Å²) in [6, 6.07) is 2.77. The second kappa shape index (κ2) is 7.31. The Bertz CT molecular complexity index is 496. The number of hydrogen-bond donors (Lipinski definition) is 1. The number of nitrogens with one attached hydrogen (secondary N) is 1. The Kier molecular flexibility index (Phi) is 5.70. The van der Waals surface area contributed by atoms with Crippen molar-refractivity contribution < 1.29 is 0 Å². The molecule has 0 amide bonds. The fourth-order valence-corrected chi connectivity index (χ4v) is 3.44.